The molecule has 0 aromatic heterocycles. The third kappa shape index (κ3) is 4.47. The average Bonchev–Trinajstić information content (AvgIpc) is 2.86. The molecule has 1 aliphatic rings. The van der Waals surface area contributed by atoms with E-state index in [1.165, 1.54) is 19.1 Å². The van der Waals surface area contributed by atoms with Gasteiger partial charge < -0.3 is 15.4 Å². The van der Waals surface area contributed by atoms with E-state index in [0.29, 0.717) is 11.1 Å². The highest BCUT2D eigenvalue weighted by Gasteiger charge is 2.32. The maximum Gasteiger partial charge on any atom is 0.326 e. The molecule has 2 N–H and O–H groups in total. The van der Waals surface area contributed by atoms with Gasteiger partial charge in [0.05, 0.1) is 11.3 Å². The van der Waals surface area contributed by atoms with Crippen molar-refractivity contribution in [1.82, 2.24) is 5.32 Å². The van der Waals surface area contributed by atoms with Gasteiger partial charge in [0.15, 0.2) is 17.7 Å². The number of hydrogen-bond donors (Lipinski definition) is 2. The van der Waals surface area contributed by atoms with Crippen LogP contribution in [0.1, 0.15) is 49.1 Å². The smallest absolute Gasteiger partial charge is 0.326 e. The molecule has 0 saturated heterocycles. The number of ether oxygens (including phenoxy) is 1. The van der Waals surface area contributed by atoms with Crippen molar-refractivity contribution in [2.24, 2.45) is 0 Å². The Bertz CT molecular complexity index is 1320. The second kappa shape index (κ2) is 9.50. The molecule has 1 atom stereocenters. The molecule has 2 amide bonds. The van der Waals surface area contributed by atoms with E-state index in [1.54, 1.807) is 60.7 Å². The minimum atomic E-state index is -1.21. The van der Waals surface area contributed by atoms with Crippen molar-refractivity contribution >= 4 is 35.0 Å². The van der Waals surface area contributed by atoms with Crippen LogP contribution in [0.25, 0.3) is 0 Å². The zero-order valence-corrected chi connectivity index (χ0v) is 18.2. The van der Waals surface area contributed by atoms with Gasteiger partial charge in [-0.3, -0.25) is 24.0 Å². The van der Waals surface area contributed by atoms with Crippen LogP contribution < -0.4 is 10.6 Å². The summed E-state index contributed by atoms with van der Waals surface area (Å²) in [6, 6.07) is 19.4. The number of carbonyl (C=O) groups excluding carboxylic acids is 5. The highest BCUT2D eigenvalue weighted by atomic mass is 16.5. The molecule has 0 spiro atoms. The summed E-state index contributed by atoms with van der Waals surface area (Å²) in [6.45, 7) is 0.944. The fourth-order valence-electron chi connectivity index (χ4n) is 3.62. The van der Waals surface area contributed by atoms with Gasteiger partial charge in [0.2, 0.25) is 0 Å². The minimum Gasteiger partial charge on any atom is -0.451 e. The Hall–Kier alpha value is -4.59. The number of nitrogens with one attached hydrogen (secondary N) is 2. The summed E-state index contributed by atoms with van der Waals surface area (Å²) in [5, 5.41) is 5.00. The monoisotopic (exact) mass is 456 g/mol. The van der Waals surface area contributed by atoms with Gasteiger partial charge in [-0.25, -0.2) is 0 Å². The highest BCUT2D eigenvalue weighted by Crippen LogP contribution is 2.32. The lowest BCUT2D eigenvalue weighted by atomic mass is 9.83. The summed E-state index contributed by atoms with van der Waals surface area (Å²) in [7, 11) is 0. The van der Waals surface area contributed by atoms with Gasteiger partial charge in [-0.2, -0.15) is 0 Å². The number of hydrogen-bond acceptors (Lipinski definition) is 6. The summed E-state index contributed by atoms with van der Waals surface area (Å²) >= 11 is 0. The van der Waals surface area contributed by atoms with Gasteiger partial charge in [-0.1, -0.05) is 54.6 Å². The average molecular weight is 456 g/mol. The number of rotatable bonds is 6. The lowest BCUT2D eigenvalue weighted by Gasteiger charge is -2.21. The number of carbonyl (C=O) groups is 5. The van der Waals surface area contributed by atoms with E-state index in [0.717, 1.165) is 0 Å². The van der Waals surface area contributed by atoms with Crippen LogP contribution in [0.15, 0.2) is 72.8 Å². The van der Waals surface area contributed by atoms with Crippen LogP contribution in [0.5, 0.6) is 0 Å². The molecule has 8 nitrogen and oxygen atoms in total. The van der Waals surface area contributed by atoms with Crippen molar-refractivity contribution in [2.75, 3.05) is 11.9 Å². The number of fused-ring (bicyclic) bond motifs is 2. The zero-order chi connectivity index (χ0) is 24.2. The van der Waals surface area contributed by atoms with E-state index in [4.69, 9.17) is 4.74 Å². The first kappa shape index (κ1) is 22.6. The fraction of sp³-hybridized carbons (Fsp3) is 0.115. The summed E-state index contributed by atoms with van der Waals surface area (Å²) in [5.41, 5.74) is 1.38. The van der Waals surface area contributed by atoms with E-state index in [1.807, 2.05) is 0 Å². The number of benzene rings is 3. The molecule has 3 aromatic rings. The van der Waals surface area contributed by atoms with Crippen molar-refractivity contribution in [3.8, 4) is 0 Å². The SMILES string of the molecule is CC(OC(=O)CNC(=O)c1ccccc1)C(=O)Nc1cccc2c1C(=O)c1ccccc1C2=O. The van der Waals surface area contributed by atoms with Crippen molar-refractivity contribution in [2.45, 2.75) is 13.0 Å². The van der Waals surface area contributed by atoms with E-state index >= 15 is 0 Å². The van der Waals surface area contributed by atoms with Crippen LogP contribution in [-0.4, -0.2) is 42.0 Å². The second-order valence-corrected chi connectivity index (χ2v) is 7.60. The van der Waals surface area contributed by atoms with E-state index < -0.39 is 30.4 Å². The Morgan fingerprint density at radius 2 is 1.41 bits per heavy atom. The number of ketones is 2. The van der Waals surface area contributed by atoms with Crippen LogP contribution in [0, 0.1) is 0 Å². The third-order valence-electron chi connectivity index (χ3n) is 5.32. The Kier molecular flexibility index (Phi) is 6.31. The fourth-order valence-corrected chi connectivity index (χ4v) is 3.62. The number of amides is 2. The molecular formula is C26H20N2O6. The van der Waals surface area contributed by atoms with Crippen LogP contribution in [0.4, 0.5) is 5.69 Å². The van der Waals surface area contributed by atoms with Gasteiger partial charge in [0, 0.05) is 22.3 Å². The zero-order valence-electron chi connectivity index (χ0n) is 18.2. The van der Waals surface area contributed by atoms with E-state index in [-0.39, 0.29) is 33.9 Å². The Morgan fingerprint density at radius 1 is 0.794 bits per heavy atom. The molecule has 8 heteroatoms. The Labute approximate surface area is 194 Å². The van der Waals surface area contributed by atoms with Crippen LogP contribution in [0.2, 0.25) is 0 Å². The quantitative estimate of drug-likeness (QED) is 0.431. The van der Waals surface area contributed by atoms with Gasteiger partial charge in [-0.15, -0.1) is 0 Å². The molecule has 34 heavy (non-hydrogen) atoms. The Morgan fingerprint density at radius 3 is 2.12 bits per heavy atom. The minimum absolute atomic E-state index is 0.0909. The molecule has 0 aliphatic heterocycles. The first-order valence-corrected chi connectivity index (χ1v) is 10.5. The van der Waals surface area contributed by atoms with E-state index in [9.17, 15) is 24.0 Å². The molecule has 0 saturated carbocycles. The molecule has 1 aliphatic carbocycles. The highest BCUT2D eigenvalue weighted by molar-refractivity contribution is 6.30. The standard InChI is InChI=1S/C26H20N2O6/c1-15(34-21(29)14-27-26(33)16-8-3-2-4-9-16)25(32)28-20-13-7-12-19-22(20)24(31)18-11-6-5-10-17(18)23(19)30/h2-13,15H,14H2,1H3,(H,27,33)(H,28,32). The van der Waals surface area contributed by atoms with Crippen molar-refractivity contribution in [3.05, 3.63) is 101 Å². The molecule has 0 radical (unpaired) electrons. The molecule has 0 heterocycles. The van der Waals surface area contributed by atoms with Crippen molar-refractivity contribution < 1.29 is 28.7 Å². The molecular weight excluding hydrogens is 436 g/mol. The summed E-state index contributed by atoms with van der Waals surface area (Å²) in [6.07, 6.45) is -1.21. The summed E-state index contributed by atoms with van der Waals surface area (Å²) in [4.78, 5) is 62.7. The van der Waals surface area contributed by atoms with Gasteiger partial charge in [-0.05, 0) is 25.1 Å². The maximum atomic E-state index is 13.0. The molecule has 0 fully saturated rings. The molecule has 4 rings (SSSR count). The predicted molar refractivity (Wildman–Crippen MR) is 123 cm³/mol. The predicted octanol–water partition coefficient (Wildman–Crippen LogP) is 2.76. The van der Waals surface area contributed by atoms with E-state index in [2.05, 4.69) is 10.6 Å². The normalized spacial score (nSPS) is 12.7. The number of esters is 1. The number of anilines is 1. The van der Waals surface area contributed by atoms with Crippen LogP contribution >= 0.6 is 0 Å². The first-order valence-electron chi connectivity index (χ1n) is 10.5. The Balaban J connectivity index is 1.41. The molecule has 0 bridgehead atoms. The topological polar surface area (TPSA) is 119 Å². The lowest BCUT2D eigenvalue weighted by Crippen LogP contribution is -2.36. The van der Waals surface area contributed by atoms with Gasteiger partial charge in [0.1, 0.15) is 6.54 Å². The lowest BCUT2D eigenvalue weighted by molar-refractivity contribution is -0.152. The van der Waals surface area contributed by atoms with Crippen LogP contribution in [0.3, 0.4) is 0 Å². The van der Waals surface area contributed by atoms with Crippen molar-refractivity contribution in [1.29, 1.82) is 0 Å². The maximum absolute atomic E-state index is 13.0. The molecule has 170 valence electrons. The molecule has 1 unspecified atom stereocenters. The first-order chi connectivity index (χ1) is 16.4. The van der Waals surface area contributed by atoms with Crippen molar-refractivity contribution in [3.63, 3.8) is 0 Å². The largest absolute Gasteiger partial charge is 0.451 e. The van der Waals surface area contributed by atoms with Gasteiger partial charge >= 0.3 is 5.97 Å². The third-order valence-corrected chi connectivity index (χ3v) is 5.32. The van der Waals surface area contributed by atoms with Crippen LogP contribution in [-0.2, 0) is 14.3 Å². The summed E-state index contributed by atoms with van der Waals surface area (Å²) < 4.78 is 5.10. The second-order valence-electron chi connectivity index (χ2n) is 7.60. The van der Waals surface area contributed by atoms with Gasteiger partial charge in [0.25, 0.3) is 11.8 Å². The summed E-state index contributed by atoms with van der Waals surface area (Å²) in [5.74, 6) is -2.63. The molecule has 3 aromatic carbocycles.